The van der Waals surface area contributed by atoms with Crippen molar-refractivity contribution in [3.63, 3.8) is 0 Å². The van der Waals surface area contributed by atoms with Gasteiger partial charge < -0.3 is 19.9 Å². The molecule has 1 saturated carbocycles. The Labute approximate surface area is 194 Å². The van der Waals surface area contributed by atoms with Crippen LogP contribution >= 0.6 is 0 Å². The molecule has 2 amide bonds. The summed E-state index contributed by atoms with van der Waals surface area (Å²) >= 11 is 0. The molecule has 0 aromatic carbocycles. The summed E-state index contributed by atoms with van der Waals surface area (Å²) in [6.07, 6.45) is 3.57. The van der Waals surface area contributed by atoms with Crippen LogP contribution in [0.1, 0.15) is 49.3 Å². The van der Waals surface area contributed by atoms with Crippen LogP contribution in [0.2, 0.25) is 0 Å². The highest BCUT2D eigenvalue weighted by Gasteiger charge is 2.38. The fourth-order valence-electron chi connectivity index (χ4n) is 3.59. The molecule has 184 valence electrons. The number of hydrogen-bond acceptors (Lipinski definition) is 5. The van der Waals surface area contributed by atoms with Crippen molar-refractivity contribution in [3.05, 3.63) is 47.8 Å². The van der Waals surface area contributed by atoms with Crippen LogP contribution in [0, 0.1) is 5.92 Å². The van der Waals surface area contributed by atoms with Gasteiger partial charge in [-0.2, -0.15) is 13.2 Å². The standard InChI is InChI=1S/C20H25N5O2.C2HF3O2/c1-14-20-23-17(10-18(26)22-12-16-3-2-6-21-11-16)13-24(20)7-8-25(14)19(27)9-15-4-5-15;3-2(4,5)1(6)7/h2-3,6,11,13-15H,4-5,7-10,12H2,1H3,(H,22,26);(H,6,7). The van der Waals surface area contributed by atoms with E-state index in [-0.39, 0.29) is 24.3 Å². The van der Waals surface area contributed by atoms with E-state index in [1.54, 1.807) is 12.4 Å². The molecule has 0 saturated heterocycles. The minimum absolute atomic E-state index is 0.0443. The normalized spacial score (nSPS) is 17.3. The van der Waals surface area contributed by atoms with E-state index >= 15 is 0 Å². The molecule has 1 aliphatic heterocycles. The Balaban J connectivity index is 0.000000406. The summed E-state index contributed by atoms with van der Waals surface area (Å²) < 4.78 is 33.8. The van der Waals surface area contributed by atoms with Crippen molar-refractivity contribution in [2.75, 3.05) is 6.54 Å². The van der Waals surface area contributed by atoms with Gasteiger partial charge in [-0.05, 0) is 37.3 Å². The van der Waals surface area contributed by atoms with E-state index in [2.05, 4.69) is 19.9 Å². The Bertz CT molecular complexity index is 1020. The number of imidazole rings is 1. The number of carboxylic acids is 1. The average molecular weight is 481 g/mol. The zero-order chi connectivity index (χ0) is 24.9. The molecule has 2 aromatic rings. The number of rotatable bonds is 6. The molecule has 2 aliphatic rings. The monoisotopic (exact) mass is 481 g/mol. The zero-order valence-electron chi connectivity index (χ0n) is 18.6. The third-order valence-corrected chi connectivity index (χ3v) is 5.56. The topological polar surface area (TPSA) is 117 Å². The van der Waals surface area contributed by atoms with Crippen LogP contribution in [0.15, 0.2) is 30.7 Å². The van der Waals surface area contributed by atoms with Crippen LogP contribution in [0.3, 0.4) is 0 Å². The second kappa shape index (κ2) is 10.7. The molecular formula is C22H26F3N5O4. The lowest BCUT2D eigenvalue weighted by Gasteiger charge is -2.34. The van der Waals surface area contributed by atoms with E-state index < -0.39 is 12.1 Å². The Hall–Kier alpha value is -3.44. The fraction of sp³-hybridized carbons (Fsp3) is 0.500. The first kappa shape index (κ1) is 25.2. The minimum atomic E-state index is -5.08. The van der Waals surface area contributed by atoms with Crippen LogP contribution in [0.4, 0.5) is 13.2 Å². The van der Waals surface area contributed by atoms with E-state index in [1.165, 1.54) is 12.8 Å². The third kappa shape index (κ3) is 7.03. The van der Waals surface area contributed by atoms with Gasteiger partial charge in [0.1, 0.15) is 5.82 Å². The molecule has 1 aliphatic carbocycles. The van der Waals surface area contributed by atoms with E-state index in [9.17, 15) is 22.8 Å². The minimum Gasteiger partial charge on any atom is -0.475 e. The largest absolute Gasteiger partial charge is 0.490 e. The number of alkyl halides is 3. The van der Waals surface area contributed by atoms with Crippen LogP contribution in [0.5, 0.6) is 0 Å². The Morgan fingerprint density at radius 1 is 1.24 bits per heavy atom. The van der Waals surface area contributed by atoms with Crippen molar-refractivity contribution in [2.45, 2.75) is 57.9 Å². The summed E-state index contributed by atoms with van der Waals surface area (Å²) in [4.78, 5) is 44.3. The summed E-state index contributed by atoms with van der Waals surface area (Å²) in [5.41, 5.74) is 1.71. The maximum atomic E-state index is 12.5. The molecule has 2 aromatic heterocycles. The number of aliphatic carboxylic acids is 1. The average Bonchev–Trinajstić information content (AvgIpc) is 3.49. The van der Waals surface area contributed by atoms with Gasteiger partial charge in [0.2, 0.25) is 11.8 Å². The lowest BCUT2D eigenvalue weighted by Crippen LogP contribution is -2.41. The number of nitrogens with one attached hydrogen (secondary N) is 1. The van der Waals surface area contributed by atoms with Crippen LogP contribution < -0.4 is 5.32 Å². The van der Waals surface area contributed by atoms with Crippen molar-refractivity contribution in [1.82, 2.24) is 24.8 Å². The predicted molar refractivity (Wildman–Crippen MR) is 113 cm³/mol. The van der Waals surface area contributed by atoms with Crippen LogP contribution in [-0.2, 0) is 33.9 Å². The molecule has 1 fully saturated rings. The third-order valence-electron chi connectivity index (χ3n) is 5.56. The number of nitrogens with zero attached hydrogens (tertiary/aromatic N) is 4. The van der Waals surface area contributed by atoms with Crippen LogP contribution in [-0.4, -0.2) is 55.0 Å². The molecule has 34 heavy (non-hydrogen) atoms. The van der Waals surface area contributed by atoms with Gasteiger partial charge in [0.15, 0.2) is 0 Å². The predicted octanol–water partition coefficient (Wildman–Crippen LogP) is 2.47. The number of carboxylic acid groups (broad SMARTS) is 1. The van der Waals surface area contributed by atoms with Crippen molar-refractivity contribution >= 4 is 17.8 Å². The van der Waals surface area contributed by atoms with E-state index in [0.29, 0.717) is 25.4 Å². The summed E-state index contributed by atoms with van der Waals surface area (Å²) in [6.45, 7) is 3.93. The van der Waals surface area contributed by atoms with E-state index in [1.807, 2.05) is 30.2 Å². The molecule has 4 rings (SSSR count). The van der Waals surface area contributed by atoms with Gasteiger partial charge in [-0.3, -0.25) is 14.6 Å². The molecule has 12 heteroatoms. The van der Waals surface area contributed by atoms with Gasteiger partial charge in [0, 0.05) is 44.6 Å². The molecule has 0 bridgehead atoms. The number of hydrogen-bond donors (Lipinski definition) is 2. The number of fused-ring (bicyclic) bond motifs is 1. The number of halogens is 3. The van der Waals surface area contributed by atoms with E-state index in [0.717, 1.165) is 23.6 Å². The van der Waals surface area contributed by atoms with Crippen LogP contribution in [0.25, 0.3) is 0 Å². The van der Waals surface area contributed by atoms with Crippen molar-refractivity contribution in [2.24, 2.45) is 5.92 Å². The number of carbonyl (C=O) groups excluding carboxylic acids is 2. The highest BCUT2D eigenvalue weighted by molar-refractivity contribution is 5.78. The maximum absolute atomic E-state index is 12.5. The van der Waals surface area contributed by atoms with Crippen molar-refractivity contribution in [1.29, 1.82) is 0 Å². The molecule has 0 spiro atoms. The number of pyridine rings is 1. The van der Waals surface area contributed by atoms with Gasteiger partial charge in [-0.1, -0.05) is 6.07 Å². The molecule has 9 nitrogen and oxygen atoms in total. The van der Waals surface area contributed by atoms with Gasteiger partial charge in [-0.25, -0.2) is 9.78 Å². The first-order chi connectivity index (χ1) is 16.0. The summed E-state index contributed by atoms with van der Waals surface area (Å²) in [5, 5.41) is 10.0. The Kier molecular flexibility index (Phi) is 7.90. The number of aromatic nitrogens is 3. The van der Waals surface area contributed by atoms with Gasteiger partial charge in [0.05, 0.1) is 18.2 Å². The summed E-state index contributed by atoms with van der Waals surface area (Å²) in [7, 11) is 0. The molecule has 3 heterocycles. The second-order valence-electron chi connectivity index (χ2n) is 8.31. The number of amides is 2. The van der Waals surface area contributed by atoms with Gasteiger partial charge in [0.25, 0.3) is 0 Å². The summed E-state index contributed by atoms with van der Waals surface area (Å²) in [5.74, 6) is -1.13. The lowest BCUT2D eigenvalue weighted by atomic mass is 10.1. The smallest absolute Gasteiger partial charge is 0.475 e. The summed E-state index contributed by atoms with van der Waals surface area (Å²) in [6, 6.07) is 3.73. The second-order valence-corrected chi connectivity index (χ2v) is 8.31. The molecule has 2 N–H and O–H groups in total. The Morgan fingerprint density at radius 3 is 2.53 bits per heavy atom. The van der Waals surface area contributed by atoms with E-state index in [4.69, 9.17) is 9.90 Å². The Morgan fingerprint density at radius 2 is 1.94 bits per heavy atom. The molecule has 0 radical (unpaired) electrons. The lowest BCUT2D eigenvalue weighted by molar-refractivity contribution is -0.192. The quantitative estimate of drug-likeness (QED) is 0.655. The van der Waals surface area contributed by atoms with Crippen molar-refractivity contribution in [3.8, 4) is 0 Å². The molecule has 1 unspecified atom stereocenters. The fourth-order valence-corrected chi connectivity index (χ4v) is 3.59. The zero-order valence-corrected chi connectivity index (χ0v) is 18.6. The first-order valence-electron chi connectivity index (χ1n) is 10.9. The SMILES string of the molecule is CC1c2nc(CC(=O)NCc3cccnc3)cn2CCN1C(=O)CC1CC1.O=C(O)C(F)(F)F. The molecular weight excluding hydrogens is 455 g/mol. The maximum Gasteiger partial charge on any atom is 0.490 e. The molecule has 1 atom stereocenters. The first-order valence-corrected chi connectivity index (χ1v) is 10.9. The highest BCUT2D eigenvalue weighted by atomic mass is 19.4. The van der Waals surface area contributed by atoms with Crippen molar-refractivity contribution < 1.29 is 32.7 Å². The highest BCUT2D eigenvalue weighted by Crippen LogP contribution is 2.34. The van der Waals surface area contributed by atoms with Gasteiger partial charge >= 0.3 is 12.1 Å². The number of carbonyl (C=O) groups is 3. The van der Waals surface area contributed by atoms with Gasteiger partial charge in [-0.15, -0.1) is 0 Å².